The van der Waals surface area contributed by atoms with Gasteiger partial charge in [0.15, 0.2) is 0 Å². The van der Waals surface area contributed by atoms with E-state index in [0.29, 0.717) is 18.0 Å². The highest BCUT2D eigenvalue weighted by Crippen LogP contribution is 2.25. The summed E-state index contributed by atoms with van der Waals surface area (Å²) in [5.41, 5.74) is 1.96. The average Bonchev–Trinajstić information content (AvgIpc) is 2.76. The lowest BCUT2D eigenvalue weighted by atomic mass is 10.1. The van der Waals surface area contributed by atoms with Crippen LogP contribution in [0.5, 0.6) is 5.75 Å². The maximum absolute atomic E-state index is 13.4. The number of aryl methyl sites for hydroxylation is 1. The zero-order valence-corrected chi connectivity index (χ0v) is 21.9. The Morgan fingerprint density at radius 3 is 2.45 bits per heavy atom. The Hall–Kier alpha value is -2.59. The average molecular weight is 540 g/mol. The molecule has 0 aliphatic carbocycles. The summed E-state index contributed by atoms with van der Waals surface area (Å²) in [7, 11) is -2.22. The number of methoxy groups -OCH3 is 1. The smallest absolute Gasteiger partial charge is 0.244 e. The maximum atomic E-state index is 13.4. The Balaban J connectivity index is 2.41. The molecule has 2 aromatic carbocycles. The Bertz CT molecular complexity index is 1110. The zero-order valence-electron chi connectivity index (χ0n) is 19.5. The number of anilines is 1. The van der Waals surface area contributed by atoms with Gasteiger partial charge in [-0.15, -0.1) is 0 Å². The number of benzene rings is 2. The molecule has 0 aliphatic rings. The van der Waals surface area contributed by atoms with Gasteiger partial charge in [0.1, 0.15) is 18.3 Å². The fourth-order valence-corrected chi connectivity index (χ4v) is 4.36. The van der Waals surface area contributed by atoms with Crippen molar-refractivity contribution in [3.05, 3.63) is 58.1 Å². The van der Waals surface area contributed by atoms with E-state index in [-0.39, 0.29) is 12.5 Å². The summed E-state index contributed by atoms with van der Waals surface area (Å²) in [4.78, 5) is 27.4. The van der Waals surface area contributed by atoms with Gasteiger partial charge in [-0.3, -0.25) is 13.9 Å². The Kier molecular flexibility index (Phi) is 9.30. The lowest BCUT2D eigenvalue weighted by molar-refractivity contribution is -0.139. The zero-order chi connectivity index (χ0) is 24.8. The number of ether oxygens (including phenoxy) is 1. The summed E-state index contributed by atoms with van der Waals surface area (Å²) in [5, 5.41) is 2.72. The summed E-state index contributed by atoms with van der Waals surface area (Å²) >= 11 is 3.40. The highest BCUT2D eigenvalue weighted by Gasteiger charge is 2.30. The van der Waals surface area contributed by atoms with Gasteiger partial charge in [-0.1, -0.05) is 28.1 Å². The Labute approximate surface area is 204 Å². The minimum absolute atomic E-state index is 0.116. The molecule has 1 atom stereocenters. The number of hydrogen-bond donors (Lipinski definition) is 1. The lowest BCUT2D eigenvalue weighted by Gasteiger charge is -2.31. The first-order valence-electron chi connectivity index (χ1n) is 10.4. The summed E-state index contributed by atoms with van der Waals surface area (Å²) < 4.78 is 32.3. The number of carbonyl (C=O) groups is 2. The molecular formula is C23H30BrN3O5S. The van der Waals surface area contributed by atoms with E-state index < -0.39 is 28.5 Å². The standard InChI is InChI=1S/C23H30BrN3O5S/c1-6-25-23(29)17(3)26(14-18-8-7-9-20(13-18)32-4)22(28)15-27(33(5,30)31)19-10-11-21(24)16(2)12-19/h7-13,17H,6,14-15H2,1-5H3,(H,25,29)/t17-/m1/s1. The number of nitrogens with one attached hydrogen (secondary N) is 1. The molecule has 0 heterocycles. The largest absolute Gasteiger partial charge is 0.497 e. The third-order valence-electron chi connectivity index (χ3n) is 5.11. The van der Waals surface area contributed by atoms with Crippen LogP contribution in [0, 0.1) is 6.92 Å². The van der Waals surface area contributed by atoms with Crippen LogP contribution in [0.1, 0.15) is 25.0 Å². The first kappa shape index (κ1) is 26.7. The first-order chi connectivity index (χ1) is 15.5. The fourth-order valence-electron chi connectivity index (χ4n) is 3.27. The van der Waals surface area contributed by atoms with Crippen molar-refractivity contribution in [1.82, 2.24) is 10.2 Å². The summed E-state index contributed by atoms with van der Waals surface area (Å²) in [6.07, 6.45) is 1.05. The molecule has 33 heavy (non-hydrogen) atoms. The molecule has 0 spiro atoms. The van der Waals surface area contributed by atoms with Gasteiger partial charge >= 0.3 is 0 Å². The molecule has 2 amide bonds. The maximum Gasteiger partial charge on any atom is 0.244 e. The second-order valence-corrected chi connectivity index (χ2v) is 10.4. The normalized spacial score (nSPS) is 12.1. The number of hydrogen-bond acceptors (Lipinski definition) is 5. The van der Waals surface area contributed by atoms with Crippen molar-refractivity contribution in [2.75, 3.05) is 30.8 Å². The van der Waals surface area contributed by atoms with E-state index in [4.69, 9.17) is 4.74 Å². The second-order valence-electron chi connectivity index (χ2n) is 7.65. The summed E-state index contributed by atoms with van der Waals surface area (Å²) in [6, 6.07) is 11.4. The van der Waals surface area contributed by atoms with E-state index in [2.05, 4.69) is 21.2 Å². The van der Waals surface area contributed by atoms with E-state index in [1.54, 1.807) is 57.4 Å². The molecule has 0 saturated carbocycles. The third kappa shape index (κ3) is 7.20. The number of sulfonamides is 1. The topological polar surface area (TPSA) is 96.0 Å². The SMILES string of the molecule is CCNC(=O)[C@@H](C)N(Cc1cccc(OC)c1)C(=O)CN(c1ccc(Br)c(C)c1)S(C)(=O)=O. The highest BCUT2D eigenvalue weighted by molar-refractivity contribution is 9.10. The highest BCUT2D eigenvalue weighted by atomic mass is 79.9. The van der Waals surface area contributed by atoms with Gasteiger partial charge in [0.25, 0.3) is 0 Å². The van der Waals surface area contributed by atoms with Crippen LogP contribution in [0.2, 0.25) is 0 Å². The van der Waals surface area contributed by atoms with E-state index >= 15 is 0 Å². The van der Waals surface area contributed by atoms with Gasteiger partial charge in [0.05, 0.1) is 19.1 Å². The molecule has 0 aromatic heterocycles. The van der Waals surface area contributed by atoms with Crippen LogP contribution in [-0.4, -0.2) is 57.6 Å². The minimum atomic E-state index is -3.77. The molecule has 0 unspecified atom stereocenters. The predicted molar refractivity (Wildman–Crippen MR) is 133 cm³/mol. The van der Waals surface area contributed by atoms with Crippen LogP contribution < -0.4 is 14.4 Å². The van der Waals surface area contributed by atoms with Crippen molar-refractivity contribution in [2.24, 2.45) is 0 Å². The quantitative estimate of drug-likeness (QED) is 0.500. The van der Waals surface area contributed by atoms with Gasteiger partial charge < -0.3 is 15.0 Å². The fraction of sp³-hybridized carbons (Fsp3) is 0.391. The molecule has 10 heteroatoms. The molecule has 0 aliphatic heterocycles. The van der Waals surface area contributed by atoms with Crippen molar-refractivity contribution >= 4 is 43.5 Å². The molecule has 0 radical (unpaired) electrons. The van der Waals surface area contributed by atoms with Crippen LogP contribution in [0.15, 0.2) is 46.9 Å². The van der Waals surface area contributed by atoms with Crippen molar-refractivity contribution in [3.8, 4) is 5.75 Å². The Morgan fingerprint density at radius 1 is 1.18 bits per heavy atom. The summed E-state index contributed by atoms with van der Waals surface area (Å²) in [5.74, 6) is -0.199. The molecule has 180 valence electrons. The van der Waals surface area contributed by atoms with E-state index in [1.165, 1.54) is 4.90 Å². The van der Waals surface area contributed by atoms with Gasteiger partial charge in [-0.05, 0) is 62.2 Å². The molecule has 0 saturated heterocycles. The molecule has 8 nitrogen and oxygen atoms in total. The molecule has 0 fully saturated rings. The third-order valence-corrected chi connectivity index (χ3v) is 7.14. The van der Waals surface area contributed by atoms with Gasteiger partial charge in [0, 0.05) is 17.6 Å². The Morgan fingerprint density at radius 2 is 1.88 bits per heavy atom. The van der Waals surface area contributed by atoms with Crippen LogP contribution in [0.3, 0.4) is 0 Å². The molecule has 2 rings (SSSR count). The van der Waals surface area contributed by atoms with Crippen LogP contribution in [-0.2, 0) is 26.2 Å². The first-order valence-corrected chi connectivity index (χ1v) is 13.1. The van der Waals surface area contributed by atoms with Gasteiger partial charge in [-0.25, -0.2) is 8.42 Å². The number of nitrogens with zero attached hydrogens (tertiary/aromatic N) is 2. The molecule has 1 N–H and O–H groups in total. The molecule has 2 aromatic rings. The molecular weight excluding hydrogens is 510 g/mol. The van der Waals surface area contributed by atoms with E-state index in [0.717, 1.165) is 26.2 Å². The summed E-state index contributed by atoms with van der Waals surface area (Å²) in [6.45, 7) is 5.34. The van der Waals surface area contributed by atoms with Crippen molar-refractivity contribution in [1.29, 1.82) is 0 Å². The number of likely N-dealkylation sites (N-methyl/N-ethyl adjacent to an activating group) is 1. The number of rotatable bonds is 10. The second kappa shape index (κ2) is 11.5. The van der Waals surface area contributed by atoms with Gasteiger partial charge in [-0.2, -0.15) is 0 Å². The number of amides is 2. The predicted octanol–water partition coefficient (Wildman–Crippen LogP) is 3.09. The van der Waals surface area contributed by atoms with Crippen molar-refractivity contribution in [3.63, 3.8) is 0 Å². The monoisotopic (exact) mass is 539 g/mol. The van der Waals surface area contributed by atoms with Gasteiger partial charge in [0.2, 0.25) is 21.8 Å². The van der Waals surface area contributed by atoms with E-state index in [9.17, 15) is 18.0 Å². The minimum Gasteiger partial charge on any atom is -0.497 e. The van der Waals surface area contributed by atoms with Crippen molar-refractivity contribution < 1.29 is 22.7 Å². The van der Waals surface area contributed by atoms with Crippen LogP contribution in [0.25, 0.3) is 0 Å². The van der Waals surface area contributed by atoms with E-state index in [1.807, 2.05) is 13.0 Å². The van der Waals surface area contributed by atoms with Crippen molar-refractivity contribution in [2.45, 2.75) is 33.4 Å². The number of halogens is 1. The van der Waals surface area contributed by atoms with Crippen LogP contribution in [0.4, 0.5) is 5.69 Å². The van der Waals surface area contributed by atoms with Crippen LogP contribution >= 0.6 is 15.9 Å². The lowest BCUT2D eigenvalue weighted by Crippen LogP contribution is -2.51. The number of carbonyl (C=O) groups excluding carboxylic acids is 2. The molecule has 0 bridgehead atoms.